The zero-order chi connectivity index (χ0) is 22.9. The molecule has 0 radical (unpaired) electrons. The number of fused-ring (bicyclic) bond motifs is 1. The maximum absolute atomic E-state index is 11.9. The van der Waals surface area contributed by atoms with E-state index in [0.717, 1.165) is 23.7 Å². The van der Waals surface area contributed by atoms with Crippen molar-refractivity contribution in [3.63, 3.8) is 0 Å². The third kappa shape index (κ3) is 4.63. The summed E-state index contributed by atoms with van der Waals surface area (Å²) in [5, 5.41) is 5.01. The average Bonchev–Trinajstić information content (AvgIpc) is 3.57. The number of carbonyl (C=O) groups excluding carboxylic acids is 2. The zero-order valence-electron chi connectivity index (χ0n) is 18.4. The van der Waals surface area contributed by atoms with Gasteiger partial charge in [0, 0.05) is 37.5 Å². The van der Waals surface area contributed by atoms with Gasteiger partial charge in [-0.1, -0.05) is 0 Å². The maximum Gasteiger partial charge on any atom is 0.252 e. The Balaban J connectivity index is 1.11. The molecule has 2 amide bonds. The Labute approximate surface area is 191 Å². The summed E-state index contributed by atoms with van der Waals surface area (Å²) >= 11 is 0. The predicted octanol–water partition coefficient (Wildman–Crippen LogP) is 2.48. The zero-order valence-corrected chi connectivity index (χ0v) is 18.4. The number of amides is 2. The van der Waals surface area contributed by atoms with E-state index in [4.69, 9.17) is 19.9 Å². The van der Waals surface area contributed by atoms with E-state index in [9.17, 15) is 9.59 Å². The Hall–Kier alpha value is -3.59. The molecule has 2 heterocycles. The number of likely N-dealkylation sites (tertiary alicyclic amines) is 1. The minimum Gasteiger partial charge on any atom is -0.491 e. The van der Waals surface area contributed by atoms with Gasteiger partial charge in [-0.2, -0.15) is 5.10 Å². The Bertz CT molecular complexity index is 1180. The molecule has 1 aromatic heterocycles. The van der Waals surface area contributed by atoms with E-state index in [1.807, 2.05) is 11.9 Å². The van der Waals surface area contributed by atoms with Crippen LogP contribution in [0.4, 0.5) is 0 Å². The molecule has 2 fully saturated rings. The number of rotatable bonds is 9. The van der Waals surface area contributed by atoms with E-state index in [1.54, 1.807) is 47.3 Å². The van der Waals surface area contributed by atoms with Crippen LogP contribution in [0.3, 0.4) is 0 Å². The number of aromatic nitrogens is 2. The summed E-state index contributed by atoms with van der Waals surface area (Å²) in [6.07, 6.45) is 3.84. The van der Waals surface area contributed by atoms with Crippen LogP contribution in [-0.4, -0.2) is 58.9 Å². The first-order chi connectivity index (χ1) is 16.0. The number of hydrogen-bond acceptors (Lipinski definition) is 6. The normalized spacial score (nSPS) is 16.0. The van der Waals surface area contributed by atoms with Crippen LogP contribution < -0.4 is 15.2 Å². The van der Waals surface area contributed by atoms with Crippen LogP contribution in [0, 0.1) is 5.92 Å². The highest BCUT2D eigenvalue weighted by molar-refractivity contribution is 6.00. The Kier molecular flexibility index (Phi) is 5.63. The van der Waals surface area contributed by atoms with Crippen LogP contribution in [-0.2, 0) is 16.6 Å². The van der Waals surface area contributed by atoms with E-state index in [-0.39, 0.29) is 17.9 Å². The molecule has 1 aliphatic carbocycles. The van der Waals surface area contributed by atoms with Crippen molar-refractivity contribution in [2.45, 2.75) is 18.9 Å². The summed E-state index contributed by atoms with van der Waals surface area (Å²) in [4.78, 5) is 25.7. The van der Waals surface area contributed by atoms with Crippen molar-refractivity contribution in [2.75, 3.05) is 26.3 Å². The molecule has 3 aromatic rings. The summed E-state index contributed by atoms with van der Waals surface area (Å²) in [7, 11) is 1.82. The van der Waals surface area contributed by atoms with Crippen LogP contribution in [0.1, 0.15) is 23.2 Å². The highest BCUT2D eigenvalue weighted by Crippen LogP contribution is 2.33. The standard InChI is InChI=1S/C24H26N4O5/c1-27-21-11-22(20(23(25)29)10-16(21)12-26-27)33-18-6-4-17(5-7-18)31-8-9-32-19-13-28(14-19)24(30)15-2-3-15/h4-7,10-12,15,19H,2-3,8-9,13-14H2,1H3,(H2,25,29). The smallest absolute Gasteiger partial charge is 0.252 e. The largest absolute Gasteiger partial charge is 0.491 e. The van der Waals surface area contributed by atoms with Crippen LogP contribution >= 0.6 is 0 Å². The molecule has 1 aliphatic heterocycles. The topological polar surface area (TPSA) is 109 Å². The molecule has 0 atom stereocenters. The van der Waals surface area contributed by atoms with Gasteiger partial charge in [0.1, 0.15) is 23.9 Å². The van der Waals surface area contributed by atoms with Gasteiger partial charge in [0.05, 0.1) is 30.0 Å². The summed E-state index contributed by atoms with van der Waals surface area (Å²) in [6, 6.07) is 10.6. The van der Waals surface area contributed by atoms with Gasteiger partial charge >= 0.3 is 0 Å². The van der Waals surface area contributed by atoms with Gasteiger partial charge in [0.15, 0.2) is 0 Å². The fourth-order valence-corrected chi connectivity index (χ4v) is 3.87. The number of nitrogens with two attached hydrogens (primary N) is 1. The molecule has 9 heteroatoms. The lowest BCUT2D eigenvalue weighted by Crippen LogP contribution is -2.55. The third-order valence-corrected chi connectivity index (χ3v) is 5.96. The van der Waals surface area contributed by atoms with Gasteiger partial charge in [-0.15, -0.1) is 0 Å². The monoisotopic (exact) mass is 450 g/mol. The van der Waals surface area contributed by atoms with Crippen LogP contribution in [0.15, 0.2) is 42.6 Å². The molecule has 172 valence electrons. The fraction of sp³-hybridized carbons (Fsp3) is 0.375. The molecule has 0 bridgehead atoms. The molecule has 2 aliphatic rings. The second kappa shape index (κ2) is 8.74. The quantitative estimate of drug-likeness (QED) is 0.502. The van der Waals surface area contributed by atoms with Gasteiger partial charge < -0.3 is 24.8 Å². The summed E-state index contributed by atoms with van der Waals surface area (Å²) in [5.41, 5.74) is 6.66. The molecule has 2 N–H and O–H groups in total. The highest BCUT2D eigenvalue weighted by Gasteiger charge is 2.39. The van der Waals surface area contributed by atoms with E-state index in [0.29, 0.717) is 49.1 Å². The van der Waals surface area contributed by atoms with Crippen molar-refractivity contribution < 1.29 is 23.8 Å². The fourth-order valence-electron chi connectivity index (χ4n) is 3.87. The molecule has 1 saturated heterocycles. The van der Waals surface area contributed by atoms with Crippen molar-refractivity contribution in [3.8, 4) is 17.2 Å². The predicted molar refractivity (Wildman–Crippen MR) is 120 cm³/mol. The van der Waals surface area contributed by atoms with E-state index < -0.39 is 5.91 Å². The Morgan fingerprint density at radius 3 is 2.52 bits per heavy atom. The van der Waals surface area contributed by atoms with Crippen molar-refractivity contribution in [1.29, 1.82) is 0 Å². The molecule has 0 unspecified atom stereocenters. The Morgan fingerprint density at radius 2 is 1.82 bits per heavy atom. The molecule has 2 aromatic carbocycles. The summed E-state index contributed by atoms with van der Waals surface area (Å²) in [6.45, 7) is 2.23. The SMILES string of the molecule is Cn1ncc2cc(C(N)=O)c(Oc3ccc(OCCOC4CN(C(=O)C5CC5)C4)cc3)cc21. The van der Waals surface area contributed by atoms with Gasteiger partial charge in [0.2, 0.25) is 5.91 Å². The second-order valence-corrected chi connectivity index (χ2v) is 8.47. The van der Waals surface area contributed by atoms with Crippen molar-refractivity contribution in [3.05, 3.63) is 48.2 Å². The lowest BCUT2D eigenvalue weighted by atomic mass is 10.1. The van der Waals surface area contributed by atoms with Crippen LogP contribution in [0.2, 0.25) is 0 Å². The van der Waals surface area contributed by atoms with Gasteiger partial charge in [-0.25, -0.2) is 0 Å². The van der Waals surface area contributed by atoms with Crippen molar-refractivity contribution >= 4 is 22.7 Å². The maximum atomic E-state index is 11.9. The molecule has 1 saturated carbocycles. The second-order valence-electron chi connectivity index (χ2n) is 8.47. The minimum absolute atomic E-state index is 0.100. The molecule has 33 heavy (non-hydrogen) atoms. The number of aryl methyl sites for hydroxylation is 1. The molecular formula is C24H26N4O5. The number of benzene rings is 2. The third-order valence-electron chi connectivity index (χ3n) is 5.96. The van der Waals surface area contributed by atoms with E-state index >= 15 is 0 Å². The highest BCUT2D eigenvalue weighted by atomic mass is 16.5. The first kappa shape index (κ1) is 21.3. The van der Waals surface area contributed by atoms with Crippen LogP contribution in [0.5, 0.6) is 17.2 Å². The van der Waals surface area contributed by atoms with Crippen molar-refractivity contribution in [1.82, 2.24) is 14.7 Å². The van der Waals surface area contributed by atoms with Crippen LogP contribution in [0.25, 0.3) is 10.9 Å². The first-order valence-electron chi connectivity index (χ1n) is 11.0. The average molecular weight is 450 g/mol. The van der Waals surface area contributed by atoms with E-state index in [2.05, 4.69) is 5.10 Å². The summed E-state index contributed by atoms with van der Waals surface area (Å²) < 4.78 is 19.1. The van der Waals surface area contributed by atoms with Gasteiger partial charge in [0.25, 0.3) is 5.91 Å². The van der Waals surface area contributed by atoms with E-state index in [1.165, 1.54) is 0 Å². The lowest BCUT2D eigenvalue weighted by molar-refractivity contribution is -0.146. The number of nitrogens with zero attached hydrogens (tertiary/aromatic N) is 3. The first-order valence-corrected chi connectivity index (χ1v) is 11.0. The lowest BCUT2D eigenvalue weighted by Gasteiger charge is -2.39. The number of ether oxygens (including phenoxy) is 3. The molecule has 5 rings (SSSR count). The number of hydrogen-bond donors (Lipinski definition) is 1. The summed E-state index contributed by atoms with van der Waals surface area (Å²) in [5.74, 6) is 1.58. The minimum atomic E-state index is -0.567. The molecule has 9 nitrogen and oxygen atoms in total. The van der Waals surface area contributed by atoms with Gasteiger partial charge in [-0.3, -0.25) is 14.3 Å². The van der Waals surface area contributed by atoms with Crippen molar-refractivity contribution in [2.24, 2.45) is 18.7 Å². The van der Waals surface area contributed by atoms with Gasteiger partial charge in [-0.05, 0) is 43.2 Å². The number of carbonyl (C=O) groups is 2. The Morgan fingerprint density at radius 1 is 1.09 bits per heavy atom. The molecule has 0 spiro atoms. The molecular weight excluding hydrogens is 424 g/mol. The number of primary amides is 1.